The minimum absolute atomic E-state index is 0.0384. The van der Waals surface area contributed by atoms with Crippen molar-refractivity contribution >= 4 is 50.8 Å². The summed E-state index contributed by atoms with van der Waals surface area (Å²) in [7, 11) is 0. The molecule has 0 bridgehead atoms. The highest BCUT2D eigenvalue weighted by Crippen LogP contribution is 2.43. The molecule has 8 aromatic carbocycles. The fourth-order valence-corrected chi connectivity index (χ4v) is 10.8. The van der Waals surface area contributed by atoms with E-state index in [2.05, 4.69) is 39.9 Å². The van der Waals surface area contributed by atoms with E-state index in [1.54, 1.807) is 6.07 Å². The molecule has 0 heterocycles. The van der Waals surface area contributed by atoms with Gasteiger partial charge in [0.05, 0.1) is 63.5 Å². The molecule has 42 heteroatoms. The van der Waals surface area contributed by atoms with Crippen molar-refractivity contribution in [2.24, 2.45) is 5.41 Å². The zero-order valence-corrected chi connectivity index (χ0v) is 64.7. The predicted molar refractivity (Wildman–Crippen MR) is 386 cm³/mol. The highest BCUT2D eigenvalue weighted by molar-refractivity contribution is 9.10. The van der Waals surface area contributed by atoms with E-state index in [9.17, 15) is 134 Å². The van der Waals surface area contributed by atoms with Gasteiger partial charge in [0.15, 0.2) is 66.2 Å². The largest absolute Gasteiger partial charge is 0.573 e. The van der Waals surface area contributed by atoms with Crippen LogP contribution in [0.25, 0.3) is 14.5 Å². The lowest BCUT2D eigenvalue weighted by Gasteiger charge is -2.23. The third kappa shape index (κ3) is 31.7. The predicted octanol–water partition coefficient (Wildman–Crippen LogP) is 24.6. The summed E-state index contributed by atoms with van der Waals surface area (Å²) in [6.45, 7) is 25.0. The van der Waals surface area contributed by atoms with E-state index in [4.69, 9.17) is 43.9 Å². The molecule has 8 rings (SSSR count). The molecule has 0 aliphatic rings. The van der Waals surface area contributed by atoms with Crippen molar-refractivity contribution in [3.05, 3.63) is 276 Å². The SMILES string of the molecule is C[C@@](C#N)(COc1cc(C#N)ccc1C(F)(F)F)CC(=O)c1ccc(SC(F)(F)F)cc1.[C-]#[N+]C(C)(COc1cc(F)c(F)cc1Br)CC(=O)c1ccc(OC(F)(F)F)cc1.[C-]#[N+]C(C)(COc1cc(F)c(F)cc1C(F)(F)F)CC(=O)c1ccc(OC(F)(F)F)cc1.[C-]#[N+]C(C)(COc1ccccc1C(F)(F)F)CC(=O)c1ccc(C(F)(F)F)cc1. The summed E-state index contributed by atoms with van der Waals surface area (Å²) in [5.74, 6) is -11.3. The first-order chi connectivity index (χ1) is 56.2. The van der Waals surface area contributed by atoms with Gasteiger partial charge in [-0.3, -0.25) is 19.2 Å². The van der Waals surface area contributed by atoms with Gasteiger partial charge in [0.1, 0.15) is 46.7 Å². The summed E-state index contributed by atoms with van der Waals surface area (Å²) in [6.07, 6.45) is -30.6. The molecule has 0 spiro atoms. The number of alkyl halides is 21. The second-order valence-corrected chi connectivity index (χ2v) is 28.6. The van der Waals surface area contributed by atoms with E-state index in [0.717, 1.165) is 121 Å². The van der Waals surface area contributed by atoms with E-state index in [1.165, 1.54) is 52.0 Å². The topological polar surface area (TPSA) is 184 Å². The molecule has 4 atom stereocenters. The maximum absolute atomic E-state index is 13.4. The van der Waals surface area contributed by atoms with E-state index in [0.29, 0.717) is 6.07 Å². The lowest BCUT2D eigenvalue weighted by Crippen LogP contribution is -2.32. The van der Waals surface area contributed by atoms with E-state index in [-0.39, 0.29) is 79.9 Å². The quantitative estimate of drug-likeness (QED) is 0.0156. The number of para-hydroxylation sites is 1. The van der Waals surface area contributed by atoms with Crippen LogP contribution in [0.1, 0.15) is 123 Å². The number of Topliss-reactive ketones (excluding diaryl/α,β-unsaturated/α-hetero) is 4. The molecule has 0 saturated heterocycles. The van der Waals surface area contributed by atoms with Crippen molar-refractivity contribution in [1.29, 1.82) is 10.5 Å². The smallest absolute Gasteiger partial charge is 0.491 e. The van der Waals surface area contributed by atoms with Crippen LogP contribution >= 0.6 is 27.7 Å². The monoisotopic (exact) mass is 1830 g/mol. The highest BCUT2D eigenvalue weighted by Gasteiger charge is 2.44. The molecule has 3 unspecified atom stereocenters. The molecule has 122 heavy (non-hydrogen) atoms. The van der Waals surface area contributed by atoms with Gasteiger partial charge in [0, 0.05) is 66.5 Å². The molecule has 0 aromatic heterocycles. The number of hydrogen-bond donors (Lipinski definition) is 0. The number of carbonyl (C=O) groups excluding carboxylic acids is 4. The minimum atomic E-state index is -5.07. The summed E-state index contributed by atoms with van der Waals surface area (Å²) in [6, 6.07) is 28.4. The normalized spacial score (nSPS) is 13.6. The number of nitrogens with zero attached hydrogens (tertiary/aromatic N) is 5. The molecule has 0 aliphatic carbocycles. The first-order valence-electron chi connectivity index (χ1n) is 33.6. The van der Waals surface area contributed by atoms with Gasteiger partial charge in [-0.2, -0.15) is 76.4 Å². The number of ether oxygens (including phenoxy) is 6. The standard InChI is InChI=1S/C21H14F6N2O2S.C20H13F8NO3.C20H15F6NO2.C19H13BrF5NO3/c1-19(11-29,9-17(30)14-3-5-15(6-4-14)32-21(25,26)27)12-31-18-8-13(10-28)2-7-16(18)20(22,23)24;1-18(29-2,9-16(30)11-3-5-12(6-4-11)32-20(26,27)28)10-31-17-8-15(22)14(21)7-13(17)19(23,24)25;1-18(27-2,12-29-17-6-4-3-5-15(17)20(24,25)26)11-16(28)13-7-9-14(10-8-13)19(21,22)23;1-18(26-2,10-28-17-8-15(22)14(21)7-13(17)20)9-16(27)11-3-5-12(6-4-11)29-19(23,24)25/h2-8H,9,12H2,1H3;3-8H,9-10H2,1H3;3-10H,11-12H2,1H3;3-8H,9-10H2,1H3/t19-;;;/m1.../s1. The van der Waals surface area contributed by atoms with Crippen molar-refractivity contribution in [3.63, 3.8) is 0 Å². The van der Waals surface area contributed by atoms with Gasteiger partial charge >= 0.3 is 42.9 Å². The van der Waals surface area contributed by atoms with Crippen LogP contribution in [0.2, 0.25) is 0 Å². The summed E-state index contributed by atoms with van der Waals surface area (Å²) in [5, 5.41) is 18.4. The number of rotatable bonds is 27. The Bertz CT molecular complexity index is 5250. The Morgan fingerprint density at radius 1 is 0.393 bits per heavy atom. The summed E-state index contributed by atoms with van der Waals surface area (Å²) in [4.78, 5) is 59.4. The lowest BCUT2D eigenvalue weighted by molar-refractivity contribution is -0.275. The third-order valence-electron chi connectivity index (χ3n) is 16.1. The van der Waals surface area contributed by atoms with Gasteiger partial charge in [0.2, 0.25) is 0 Å². The van der Waals surface area contributed by atoms with Gasteiger partial charge in [-0.25, -0.2) is 37.3 Å². The average molecular weight is 1830 g/mol. The van der Waals surface area contributed by atoms with Gasteiger partial charge in [-0.1, -0.05) is 36.4 Å². The Morgan fingerprint density at radius 3 is 1.12 bits per heavy atom. The number of benzene rings is 8. The van der Waals surface area contributed by atoms with Crippen molar-refractivity contribution in [2.45, 2.75) is 118 Å². The Labute approximate surface area is 688 Å². The van der Waals surface area contributed by atoms with Crippen molar-refractivity contribution in [3.8, 4) is 46.6 Å². The molecule has 0 saturated carbocycles. The molecular formula is C80H55BrF25N5O10S. The van der Waals surface area contributed by atoms with Gasteiger partial charge in [-0.05, 0) is 150 Å². The number of halogens is 26. The zero-order valence-electron chi connectivity index (χ0n) is 62.3. The molecule has 648 valence electrons. The summed E-state index contributed by atoms with van der Waals surface area (Å²) >= 11 is 2.67. The number of nitriles is 2. The molecule has 0 aliphatic heterocycles. The van der Waals surface area contributed by atoms with Crippen LogP contribution in [-0.2, 0) is 24.7 Å². The molecule has 0 fully saturated rings. The van der Waals surface area contributed by atoms with E-state index in [1.807, 2.05) is 6.07 Å². The molecule has 0 radical (unpaired) electrons. The Kier molecular flexibility index (Phi) is 33.6. The number of hydrogen-bond acceptors (Lipinski definition) is 13. The number of thioether (sulfide) groups is 1. The van der Waals surface area contributed by atoms with Crippen LogP contribution in [0.4, 0.5) is 110 Å². The highest BCUT2D eigenvalue weighted by atomic mass is 79.9. The fraction of sp³-hybridized carbons (Fsp3) is 0.287. The minimum Gasteiger partial charge on any atom is -0.491 e. The third-order valence-corrected chi connectivity index (χ3v) is 17.5. The van der Waals surface area contributed by atoms with Crippen LogP contribution < -0.4 is 28.4 Å². The van der Waals surface area contributed by atoms with Crippen molar-refractivity contribution in [1.82, 2.24) is 0 Å². The molecule has 15 nitrogen and oxygen atoms in total. The van der Waals surface area contributed by atoms with Crippen LogP contribution in [0.3, 0.4) is 0 Å². The average Bonchev–Trinajstić information content (AvgIpc) is 0.763. The Balaban J connectivity index is 0.000000289. The van der Waals surface area contributed by atoms with Crippen molar-refractivity contribution in [2.75, 3.05) is 26.4 Å². The summed E-state index contributed by atoms with van der Waals surface area (Å²) in [5.41, 5.74) is -15.3. The molecule has 0 N–H and O–H groups in total. The maximum atomic E-state index is 13.4. The van der Waals surface area contributed by atoms with Gasteiger partial charge < -0.3 is 43.0 Å². The summed E-state index contributed by atoms with van der Waals surface area (Å²) < 4.78 is 347. The zero-order chi connectivity index (χ0) is 92.2. The van der Waals surface area contributed by atoms with Crippen LogP contribution in [-0.4, -0.2) is 84.4 Å². The van der Waals surface area contributed by atoms with Gasteiger partial charge in [0.25, 0.3) is 16.6 Å². The number of ketones is 4. The van der Waals surface area contributed by atoms with Crippen LogP contribution in [0.5, 0.6) is 34.5 Å². The first-order valence-corrected chi connectivity index (χ1v) is 35.2. The molecule has 0 amide bonds. The molecular weight excluding hydrogens is 1780 g/mol. The molecule has 8 aromatic rings. The second kappa shape index (κ2) is 40.9. The first kappa shape index (κ1) is 100. The number of carbonyl (C=O) groups is 4. The van der Waals surface area contributed by atoms with E-state index >= 15 is 0 Å². The second-order valence-electron chi connectivity index (χ2n) is 26.6. The Morgan fingerprint density at radius 2 is 0.738 bits per heavy atom. The van der Waals surface area contributed by atoms with Crippen LogP contribution in [0.15, 0.2) is 173 Å². The van der Waals surface area contributed by atoms with Crippen molar-refractivity contribution < 1.29 is 157 Å². The lowest BCUT2D eigenvalue weighted by atomic mass is 9.85. The van der Waals surface area contributed by atoms with E-state index < -0.39 is 201 Å². The fourth-order valence-electron chi connectivity index (χ4n) is 9.86. The maximum Gasteiger partial charge on any atom is 0.573 e. The van der Waals surface area contributed by atoms with Gasteiger partial charge in [-0.15, -0.1) is 26.3 Å². The van der Waals surface area contributed by atoms with Crippen LogP contribution in [0, 0.1) is 71.1 Å². The Hall–Kier alpha value is -12.2.